The molecular formula is C25H26N4O2S. The van der Waals surface area contributed by atoms with Crippen molar-refractivity contribution in [2.75, 3.05) is 18.4 Å². The van der Waals surface area contributed by atoms with Crippen LogP contribution in [0.5, 0.6) is 0 Å². The number of para-hydroxylation sites is 2. The van der Waals surface area contributed by atoms with Crippen LogP contribution in [0.1, 0.15) is 25.5 Å². The summed E-state index contributed by atoms with van der Waals surface area (Å²) in [5.41, 5.74) is 2.50. The van der Waals surface area contributed by atoms with Crippen LogP contribution in [0.2, 0.25) is 0 Å². The predicted octanol–water partition coefficient (Wildman–Crippen LogP) is 4.48. The van der Waals surface area contributed by atoms with Gasteiger partial charge in [0.25, 0.3) is 0 Å². The molecule has 0 bridgehead atoms. The van der Waals surface area contributed by atoms with E-state index in [4.69, 9.17) is 0 Å². The second kappa shape index (κ2) is 8.84. The summed E-state index contributed by atoms with van der Waals surface area (Å²) in [6.07, 6.45) is 2.46. The van der Waals surface area contributed by atoms with Crippen molar-refractivity contribution >= 4 is 44.2 Å². The Hall–Kier alpha value is -3.03. The van der Waals surface area contributed by atoms with Crippen LogP contribution in [-0.2, 0) is 17.9 Å². The second-order valence-corrected chi connectivity index (χ2v) is 9.46. The van der Waals surface area contributed by atoms with Gasteiger partial charge in [-0.1, -0.05) is 31.2 Å². The molecule has 0 unspecified atom stereocenters. The van der Waals surface area contributed by atoms with Gasteiger partial charge in [0, 0.05) is 22.7 Å². The van der Waals surface area contributed by atoms with Gasteiger partial charge in [-0.25, -0.2) is 4.98 Å². The minimum atomic E-state index is -0.156. The Morgan fingerprint density at radius 3 is 2.34 bits per heavy atom. The Bertz CT molecular complexity index is 1270. The van der Waals surface area contributed by atoms with E-state index < -0.39 is 0 Å². The summed E-state index contributed by atoms with van der Waals surface area (Å²) < 4.78 is 1.91. The van der Waals surface area contributed by atoms with E-state index >= 15 is 0 Å². The predicted molar refractivity (Wildman–Crippen MR) is 130 cm³/mol. The topological polar surface area (TPSA) is 67.2 Å². The highest BCUT2D eigenvalue weighted by Gasteiger charge is 2.18. The summed E-state index contributed by atoms with van der Waals surface area (Å²) in [5, 5.41) is 6.83. The molecule has 164 valence electrons. The average molecular weight is 447 g/mol. The van der Waals surface area contributed by atoms with Gasteiger partial charge in [-0.2, -0.15) is 0 Å². The van der Waals surface area contributed by atoms with E-state index in [9.17, 15) is 9.59 Å². The molecule has 0 aliphatic carbocycles. The molecule has 2 aromatic heterocycles. The number of piperidine rings is 1. The molecule has 1 N–H and O–H groups in total. The molecule has 32 heavy (non-hydrogen) atoms. The van der Waals surface area contributed by atoms with Crippen LogP contribution < -0.4 is 10.7 Å². The van der Waals surface area contributed by atoms with Crippen LogP contribution in [0.3, 0.4) is 0 Å². The number of benzene rings is 2. The first-order valence-electron chi connectivity index (χ1n) is 11.1. The molecular weight excluding hydrogens is 420 g/mol. The van der Waals surface area contributed by atoms with Crippen molar-refractivity contribution in [3.8, 4) is 0 Å². The van der Waals surface area contributed by atoms with E-state index in [0.29, 0.717) is 15.9 Å². The fourth-order valence-electron chi connectivity index (χ4n) is 4.44. The molecule has 0 radical (unpaired) electrons. The monoisotopic (exact) mass is 446 g/mol. The zero-order chi connectivity index (χ0) is 22.1. The van der Waals surface area contributed by atoms with Crippen molar-refractivity contribution in [2.24, 2.45) is 5.92 Å². The molecule has 1 fully saturated rings. The van der Waals surface area contributed by atoms with Crippen molar-refractivity contribution in [1.29, 1.82) is 0 Å². The summed E-state index contributed by atoms with van der Waals surface area (Å²) in [5.74, 6) is 0.647. The number of aromatic nitrogens is 2. The van der Waals surface area contributed by atoms with Crippen LogP contribution in [0, 0.1) is 5.92 Å². The molecule has 0 atom stereocenters. The van der Waals surface area contributed by atoms with Crippen molar-refractivity contribution in [1.82, 2.24) is 14.5 Å². The summed E-state index contributed by atoms with van der Waals surface area (Å²) in [6, 6.07) is 14.9. The summed E-state index contributed by atoms with van der Waals surface area (Å²) in [6.45, 7) is 5.46. The fourth-order valence-corrected chi connectivity index (χ4v) is 5.15. The van der Waals surface area contributed by atoms with Crippen molar-refractivity contribution in [2.45, 2.75) is 32.9 Å². The Labute approximate surface area is 190 Å². The lowest BCUT2D eigenvalue weighted by molar-refractivity contribution is -0.116. The number of fused-ring (bicyclic) bond motifs is 2. The normalized spacial score (nSPS) is 15.4. The number of nitrogens with zero attached hydrogens (tertiary/aromatic N) is 3. The average Bonchev–Trinajstić information content (AvgIpc) is 3.24. The number of likely N-dealkylation sites (tertiary alicyclic amines) is 1. The number of carbonyl (C=O) groups excluding carboxylic acids is 1. The summed E-state index contributed by atoms with van der Waals surface area (Å²) in [7, 11) is 0. The summed E-state index contributed by atoms with van der Waals surface area (Å²) >= 11 is 1.46. The number of amides is 1. The standard InChI is InChI=1S/C25H26N4O2S/c1-17-10-12-28(13-11-17)14-18-16-32-25(26-18)27-23(30)15-29-21-8-4-2-6-19(21)24(31)20-7-3-5-9-22(20)29/h2-9,16-17H,10-15H2,1H3,(H,26,27,30). The van der Waals surface area contributed by atoms with Gasteiger partial charge in [-0.3, -0.25) is 14.5 Å². The maximum Gasteiger partial charge on any atom is 0.246 e. The number of nitrogens with one attached hydrogen (secondary N) is 1. The highest BCUT2D eigenvalue weighted by atomic mass is 32.1. The van der Waals surface area contributed by atoms with Crippen LogP contribution in [-0.4, -0.2) is 33.4 Å². The first-order valence-corrected chi connectivity index (χ1v) is 11.9. The molecule has 1 aliphatic heterocycles. The molecule has 4 aromatic rings. The van der Waals surface area contributed by atoms with Gasteiger partial charge >= 0.3 is 0 Å². The Kier molecular flexibility index (Phi) is 5.76. The Morgan fingerprint density at radius 1 is 1.06 bits per heavy atom. The van der Waals surface area contributed by atoms with Gasteiger partial charge in [0.1, 0.15) is 6.54 Å². The molecule has 7 heteroatoms. The molecule has 1 aliphatic rings. The van der Waals surface area contributed by atoms with E-state index in [0.717, 1.165) is 42.3 Å². The molecule has 5 rings (SSSR count). The third kappa shape index (κ3) is 4.18. The second-order valence-electron chi connectivity index (χ2n) is 8.60. The summed E-state index contributed by atoms with van der Waals surface area (Å²) in [4.78, 5) is 32.9. The van der Waals surface area contributed by atoms with Crippen LogP contribution >= 0.6 is 11.3 Å². The highest BCUT2D eigenvalue weighted by molar-refractivity contribution is 7.13. The van der Waals surface area contributed by atoms with Gasteiger partial charge in [0.05, 0.1) is 16.7 Å². The molecule has 0 saturated carbocycles. The SMILES string of the molecule is CC1CCN(Cc2csc(NC(=O)Cn3c4ccccc4c(=O)c4ccccc43)n2)CC1. The number of anilines is 1. The van der Waals surface area contributed by atoms with E-state index in [-0.39, 0.29) is 17.9 Å². The van der Waals surface area contributed by atoms with Gasteiger partial charge in [0.15, 0.2) is 10.6 Å². The molecule has 3 heterocycles. The maximum atomic E-state index is 12.9. The van der Waals surface area contributed by atoms with Gasteiger partial charge in [0.2, 0.25) is 5.91 Å². The zero-order valence-electron chi connectivity index (χ0n) is 18.1. The van der Waals surface area contributed by atoms with E-state index in [1.54, 1.807) is 0 Å². The minimum absolute atomic E-state index is 0.00969. The number of hydrogen-bond donors (Lipinski definition) is 1. The van der Waals surface area contributed by atoms with Gasteiger partial charge in [-0.05, 0) is 56.1 Å². The smallest absolute Gasteiger partial charge is 0.246 e. The third-order valence-electron chi connectivity index (χ3n) is 6.24. The van der Waals surface area contributed by atoms with E-state index in [1.165, 1.54) is 24.2 Å². The minimum Gasteiger partial charge on any atom is -0.331 e. The molecule has 6 nitrogen and oxygen atoms in total. The first-order chi connectivity index (χ1) is 15.6. The number of thiazole rings is 1. The van der Waals surface area contributed by atoms with E-state index in [2.05, 4.69) is 22.1 Å². The van der Waals surface area contributed by atoms with Crippen LogP contribution in [0.4, 0.5) is 5.13 Å². The molecule has 1 saturated heterocycles. The van der Waals surface area contributed by atoms with Crippen molar-refractivity contribution in [3.63, 3.8) is 0 Å². The van der Waals surface area contributed by atoms with Crippen LogP contribution in [0.25, 0.3) is 21.8 Å². The van der Waals surface area contributed by atoms with Gasteiger partial charge < -0.3 is 9.88 Å². The lowest BCUT2D eigenvalue weighted by atomic mass is 9.99. The lowest BCUT2D eigenvalue weighted by Gasteiger charge is -2.29. The number of pyridine rings is 1. The van der Waals surface area contributed by atoms with E-state index in [1.807, 2.05) is 58.5 Å². The van der Waals surface area contributed by atoms with Gasteiger partial charge in [-0.15, -0.1) is 11.3 Å². The fraction of sp³-hybridized carbons (Fsp3) is 0.320. The quantitative estimate of drug-likeness (QED) is 0.459. The van der Waals surface area contributed by atoms with Crippen molar-refractivity contribution < 1.29 is 4.79 Å². The number of hydrogen-bond acceptors (Lipinski definition) is 5. The van der Waals surface area contributed by atoms with Crippen molar-refractivity contribution in [3.05, 3.63) is 69.8 Å². The Morgan fingerprint density at radius 2 is 1.69 bits per heavy atom. The molecule has 1 amide bonds. The lowest BCUT2D eigenvalue weighted by Crippen LogP contribution is -2.32. The third-order valence-corrected chi connectivity index (χ3v) is 7.05. The molecule has 0 spiro atoms. The first kappa shape index (κ1) is 20.8. The Balaban J connectivity index is 1.35. The zero-order valence-corrected chi connectivity index (χ0v) is 18.9. The maximum absolute atomic E-state index is 12.9. The molecule has 2 aromatic carbocycles. The number of carbonyl (C=O) groups is 1. The van der Waals surface area contributed by atoms with Crippen LogP contribution in [0.15, 0.2) is 58.7 Å². The largest absolute Gasteiger partial charge is 0.331 e. The highest BCUT2D eigenvalue weighted by Crippen LogP contribution is 2.22. The number of rotatable bonds is 5.